The van der Waals surface area contributed by atoms with Gasteiger partial charge in [-0.2, -0.15) is 10.2 Å². The van der Waals surface area contributed by atoms with Crippen LogP contribution in [0.25, 0.3) is 0 Å². The van der Waals surface area contributed by atoms with Crippen LogP contribution in [-0.4, -0.2) is 30.1 Å². The lowest BCUT2D eigenvalue weighted by molar-refractivity contribution is 0.0955. The van der Waals surface area contributed by atoms with Crippen molar-refractivity contribution in [3.05, 3.63) is 59.2 Å². The number of phenolic OH excluding ortho intramolecular Hbond substituents is 1. The zero-order valence-electron chi connectivity index (χ0n) is 20.3. The van der Waals surface area contributed by atoms with Crippen LogP contribution >= 0.6 is 0 Å². The third kappa shape index (κ3) is 3.98. The molecule has 5 rings (SSSR count). The molecule has 0 aliphatic heterocycles. The molecule has 0 spiro atoms. The summed E-state index contributed by atoms with van der Waals surface area (Å²) in [6.45, 7) is 8.87. The van der Waals surface area contributed by atoms with Crippen LogP contribution in [0.1, 0.15) is 75.5 Å². The average Bonchev–Trinajstić information content (AvgIpc) is 3.17. The van der Waals surface area contributed by atoms with E-state index in [1.54, 1.807) is 0 Å². The molecule has 4 atom stereocenters. The van der Waals surface area contributed by atoms with Crippen LogP contribution in [0.3, 0.4) is 0 Å². The van der Waals surface area contributed by atoms with E-state index in [1.165, 1.54) is 48.2 Å². The van der Waals surface area contributed by atoms with Crippen LogP contribution in [0, 0.1) is 17.3 Å². The van der Waals surface area contributed by atoms with Crippen molar-refractivity contribution >= 4 is 17.6 Å². The fourth-order valence-electron chi connectivity index (χ4n) is 7.05. The number of hydrogen-bond acceptors (Lipinski definition) is 4. The van der Waals surface area contributed by atoms with Crippen molar-refractivity contribution in [2.45, 2.75) is 65.2 Å². The van der Waals surface area contributed by atoms with Crippen LogP contribution in [-0.2, 0) is 6.42 Å². The highest BCUT2D eigenvalue weighted by Gasteiger charge is 2.53. The average molecular weight is 444 g/mol. The number of aromatic hydroxyl groups is 1. The molecule has 4 heteroatoms. The van der Waals surface area contributed by atoms with E-state index in [-0.39, 0.29) is 5.41 Å². The van der Waals surface area contributed by atoms with Gasteiger partial charge in [-0.1, -0.05) is 25.1 Å². The van der Waals surface area contributed by atoms with Crippen LogP contribution in [0.15, 0.2) is 52.7 Å². The van der Waals surface area contributed by atoms with Crippen molar-refractivity contribution < 1.29 is 5.11 Å². The van der Waals surface area contributed by atoms with Crippen LogP contribution in [0.5, 0.6) is 5.75 Å². The molecule has 2 aromatic rings. The van der Waals surface area contributed by atoms with Gasteiger partial charge in [-0.3, -0.25) is 0 Å². The van der Waals surface area contributed by atoms with E-state index in [9.17, 15) is 5.11 Å². The largest absolute Gasteiger partial charge is 0.508 e. The highest BCUT2D eigenvalue weighted by atomic mass is 16.3. The molecule has 33 heavy (non-hydrogen) atoms. The second kappa shape index (κ2) is 8.96. The van der Waals surface area contributed by atoms with Crippen molar-refractivity contribution in [1.82, 2.24) is 0 Å². The Morgan fingerprint density at radius 1 is 1.03 bits per heavy atom. The van der Waals surface area contributed by atoms with Gasteiger partial charge in [0, 0.05) is 29.9 Å². The van der Waals surface area contributed by atoms with E-state index in [1.807, 2.05) is 18.3 Å². The molecule has 2 fully saturated rings. The van der Waals surface area contributed by atoms with E-state index in [0.29, 0.717) is 17.6 Å². The number of hydrogen-bond donors (Lipinski definition) is 1. The first-order chi connectivity index (χ1) is 16.0. The minimum absolute atomic E-state index is 0.180. The van der Waals surface area contributed by atoms with Crippen molar-refractivity contribution in [1.29, 1.82) is 0 Å². The van der Waals surface area contributed by atoms with Crippen LogP contribution < -0.4 is 4.90 Å². The molecule has 0 saturated heterocycles. The monoisotopic (exact) mass is 443 g/mol. The molecule has 0 radical (unpaired) electrons. The molecule has 2 aromatic carbocycles. The van der Waals surface area contributed by atoms with E-state index < -0.39 is 0 Å². The van der Waals surface area contributed by atoms with E-state index >= 15 is 0 Å². The molecule has 2 saturated carbocycles. The first kappa shape index (κ1) is 22.2. The summed E-state index contributed by atoms with van der Waals surface area (Å²) < 4.78 is 0. The Labute approximate surface area is 198 Å². The molecule has 4 nitrogen and oxygen atoms in total. The lowest BCUT2D eigenvalue weighted by Gasteiger charge is -2.49. The Morgan fingerprint density at radius 2 is 1.82 bits per heavy atom. The zero-order valence-corrected chi connectivity index (χ0v) is 20.3. The number of anilines is 1. The summed E-state index contributed by atoms with van der Waals surface area (Å²) in [4.78, 5) is 2.35. The van der Waals surface area contributed by atoms with Gasteiger partial charge in [-0.25, -0.2) is 0 Å². The van der Waals surface area contributed by atoms with Crippen LogP contribution in [0.4, 0.5) is 5.69 Å². The Hall–Kier alpha value is -2.62. The quantitative estimate of drug-likeness (QED) is 0.420. The maximum atomic E-state index is 9.90. The maximum absolute atomic E-state index is 9.90. The van der Waals surface area contributed by atoms with Gasteiger partial charge in [-0.05, 0) is 111 Å². The summed E-state index contributed by atoms with van der Waals surface area (Å²) in [7, 11) is 0. The van der Waals surface area contributed by atoms with Gasteiger partial charge in [0.15, 0.2) is 0 Å². The molecule has 0 heterocycles. The van der Waals surface area contributed by atoms with Gasteiger partial charge < -0.3 is 10.0 Å². The SMILES string of the molecule is CCN(CC)c1ccc(/C=N\N=C2\CC[C@H]3[C@H]4CCc5cc(O)ccc5[C@@H]4CC[C@@]23C)cc1. The summed E-state index contributed by atoms with van der Waals surface area (Å²) >= 11 is 0. The number of nitrogens with zero attached hydrogens (tertiary/aromatic N) is 3. The normalized spacial score (nSPS) is 29.7. The second-order valence-corrected chi connectivity index (χ2v) is 10.3. The lowest BCUT2D eigenvalue weighted by atomic mass is 9.55. The second-order valence-electron chi connectivity index (χ2n) is 10.3. The maximum Gasteiger partial charge on any atom is 0.115 e. The lowest BCUT2D eigenvalue weighted by Crippen LogP contribution is -2.42. The van der Waals surface area contributed by atoms with Crippen molar-refractivity contribution in [3.63, 3.8) is 0 Å². The van der Waals surface area contributed by atoms with Gasteiger partial charge in [-0.15, -0.1) is 0 Å². The van der Waals surface area contributed by atoms with Gasteiger partial charge in [0.2, 0.25) is 0 Å². The van der Waals surface area contributed by atoms with Gasteiger partial charge >= 0.3 is 0 Å². The molecule has 0 unspecified atom stereocenters. The molecular weight excluding hydrogens is 406 g/mol. The summed E-state index contributed by atoms with van der Waals surface area (Å²) in [6, 6.07) is 14.7. The highest BCUT2D eigenvalue weighted by Crippen LogP contribution is 2.60. The molecule has 0 amide bonds. The van der Waals surface area contributed by atoms with E-state index in [4.69, 9.17) is 5.10 Å². The number of aryl methyl sites for hydroxylation is 1. The predicted octanol–water partition coefficient (Wildman–Crippen LogP) is 6.57. The number of benzene rings is 2. The Balaban J connectivity index is 1.31. The molecule has 0 aromatic heterocycles. The van der Waals surface area contributed by atoms with Crippen LogP contribution in [0.2, 0.25) is 0 Å². The van der Waals surface area contributed by atoms with Gasteiger partial charge in [0.1, 0.15) is 5.75 Å². The summed E-state index contributed by atoms with van der Waals surface area (Å²) in [5.41, 5.74) is 6.70. The minimum Gasteiger partial charge on any atom is -0.508 e. The third-order valence-electron chi connectivity index (χ3n) is 8.86. The minimum atomic E-state index is 0.180. The van der Waals surface area contributed by atoms with Crippen molar-refractivity contribution in [3.8, 4) is 5.75 Å². The molecule has 3 aliphatic rings. The van der Waals surface area contributed by atoms with E-state index in [2.05, 4.69) is 61.1 Å². The zero-order chi connectivity index (χ0) is 23.0. The third-order valence-corrected chi connectivity index (χ3v) is 8.86. The smallest absolute Gasteiger partial charge is 0.115 e. The topological polar surface area (TPSA) is 48.2 Å². The first-order valence-corrected chi connectivity index (χ1v) is 12.8. The molecule has 174 valence electrons. The van der Waals surface area contributed by atoms with Gasteiger partial charge in [0.05, 0.1) is 6.21 Å². The Bertz CT molecular complexity index is 1050. The predicted molar refractivity (Wildman–Crippen MR) is 138 cm³/mol. The van der Waals surface area contributed by atoms with Crippen molar-refractivity contribution in [2.75, 3.05) is 18.0 Å². The Kier molecular flexibility index (Phi) is 6.03. The summed E-state index contributed by atoms with van der Waals surface area (Å²) in [5.74, 6) is 2.47. The molecule has 3 aliphatic carbocycles. The fraction of sp³-hybridized carbons (Fsp3) is 0.517. The Morgan fingerprint density at radius 3 is 2.58 bits per heavy atom. The summed E-state index contributed by atoms with van der Waals surface area (Å²) in [6.07, 6.45) is 8.94. The van der Waals surface area contributed by atoms with E-state index in [0.717, 1.165) is 37.4 Å². The fourth-order valence-corrected chi connectivity index (χ4v) is 7.05. The van der Waals surface area contributed by atoms with Gasteiger partial charge in [0.25, 0.3) is 0 Å². The number of fused-ring (bicyclic) bond motifs is 5. The number of phenols is 1. The molecule has 0 bridgehead atoms. The molecule has 1 N–H and O–H groups in total. The van der Waals surface area contributed by atoms with Crippen molar-refractivity contribution in [2.24, 2.45) is 27.5 Å². The molecular formula is C29H37N3O. The highest BCUT2D eigenvalue weighted by molar-refractivity contribution is 5.93. The summed E-state index contributed by atoms with van der Waals surface area (Å²) in [5, 5.41) is 19.3. The number of rotatable bonds is 5. The standard InChI is InChI=1S/C29H37N3O/c1-4-32(5-2)22-9-6-20(7-10-22)19-30-31-28-15-14-27-26-12-8-21-18-23(33)11-13-24(21)25(26)16-17-29(27,28)3/h6-7,9-11,13,18-19,25-27,33H,4-5,8,12,14-17H2,1-3H3/b30-19-,31-28-/t25-,26-,27-,29+/m0/s1. The first-order valence-electron chi connectivity index (χ1n) is 12.8.